The summed E-state index contributed by atoms with van der Waals surface area (Å²) >= 11 is 0. The maximum absolute atomic E-state index is 12.7. The Kier molecular flexibility index (Phi) is 3.79. The van der Waals surface area contributed by atoms with Crippen molar-refractivity contribution in [1.29, 1.82) is 0 Å². The van der Waals surface area contributed by atoms with Crippen LogP contribution in [0.3, 0.4) is 0 Å². The number of aromatic nitrogens is 2. The molecule has 1 aromatic heterocycles. The standard InChI is InChI=1S/C11H15F3N4O/c1-15-8-6-9(17-10(16-8)11(12,13)14)18(4-5-19)7-2-3-7/h6-7,19H,2-5H2,1H3,(H,15,16,17). The van der Waals surface area contributed by atoms with Gasteiger partial charge in [-0.1, -0.05) is 0 Å². The summed E-state index contributed by atoms with van der Waals surface area (Å²) in [6.07, 6.45) is -2.78. The quantitative estimate of drug-likeness (QED) is 0.853. The predicted octanol–water partition coefficient (Wildman–Crippen LogP) is 1.50. The number of nitrogens with one attached hydrogen (secondary N) is 1. The molecule has 8 heteroatoms. The fourth-order valence-electron chi connectivity index (χ4n) is 1.81. The molecule has 0 amide bonds. The van der Waals surface area contributed by atoms with Gasteiger partial charge in [0.25, 0.3) is 0 Å². The molecule has 0 bridgehead atoms. The summed E-state index contributed by atoms with van der Waals surface area (Å²) in [4.78, 5) is 8.67. The van der Waals surface area contributed by atoms with Crippen molar-refractivity contribution in [2.24, 2.45) is 0 Å². The number of aliphatic hydroxyl groups is 1. The molecule has 2 rings (SSSR count). The molecule has 0 saturated heterocycles. The van der Waals surface area contributed by atoms with Gasteiger partial charge >= 0.3 is 6.18 Å². The Hall–Kier alpha value is -1.57. The van der Waals surface area contributed by atoms with E-state index >= 15 is 0 Å². The number of nitrogens with zero attached hydrogens (tertiary/aromatic N) is 3. The molecular weight excluding hydrogens is 261 g/mol. The first kappa shape index (κ1) is 13.9. The summed E-state index contributed by atoms with van der Waals surface area (Å²) in [6.45, 7) is 0.138. The van der Waals surface area contributed by atoms with Crippen LogP contribution in [0.4, 0.5) is 24.8 Å². The van der Waals surface area contributed by atoms with Crippen LogP contribution in [0.25, 0.3) is 0 Å². The van der Waals surface area contributed by atoms with Crippen LogP contribution in [0.15, 0.2) is 6.07 Å². The average Bonchev–Trinajstić information content (AvgIpc) is 3.18. The number of rotatable bonds is 5. The number of anilines is 2. The maximum Gasteiger partial charge on any atom is 0.451 e. The van der Waals surface area contributed by atoms with Gasteiger partial charge in [0.05, 0.1) is 6.61 Å². The molecule has 1 heterocycles. The lowest BCUT2D eigenvalue weighted by Gasteiger charge is -2.23. The summed E-state index contributed by atoms with van der Waals surface area (Å²) < 4.78 is 38.2. The van der Waals surface area contributed by atoms with Gasteiger partial charge in [-0.2, -0.15) is 13.2 Å². The molecule has 0 aliphatic heterocycles. The maximum atomic E-state index is 12.7. The molecule has 1 aliphatic rings. The summed E-state index contributed by atoms with van der Waals surface area (Å²) in [7, 11) is 1.50. The number of halogens is 3. The average molecular weight is 276 g/mol. The van der Waals surface area contributed by atoms with Crippen molar-refractivity contribution in [1.82, 2.24) is 9.97 Å². The van der Waals surface area contributed by atoms with Crippen LogP contribution in [0.2, 0.25) is 0 Å². The topological polar surface area (TPSA) is 61.3 Å². The summed E-state index contributed by atoms with van der Waals surface area (Å²) in [5.74, 6) is -0.859. The van der Waals surface area contributed by atoms with Crippen LogP contribution in [0.5, 0.6) is 0 Å². The zero-order valence-corrected chi connectivity index (χ0v) is 10.4. The molecule has 1 aromatic rings. The largest absolute Gasteiger partial charge is 0.451 e. The Morgan fingerprint density at radius 3 is 2.58 bits per heavy atom. The number of hydrogen-bond donors (Lipinski definition) is 2. The normalized spacial score (nSPS) is 15.4. The molecule has 2 N–H and O–H groups in total. The van der Waals surface area contributed by atoms with Crippen LogP contribution >= 0.6 is 0 Å². The minimum absolute atomic E-state index is 0.112. The first-order valence-corrected chi connectivity index (χ1v) is 5.97. The van der Waals surface area contributed by atoms with E-state index in [0.717, 1.165) is 12.8 Å². The lowest BCUT2D eigenvalue weighted by atomic mass is 10.4. The zero-order chi connectivity index (χ0) is 14.0. The predicted molar refractivity (Wildman–Crippen MR) is 64.0 cm³/mol. The van der Waals surface area contributed by atoms with Crippen LogP contribution in [-0.4, -0.2) is 41.3 Å². The number of alkyl halides is 3. The molecule has 0 unspecified atom stereocenters. The number of hydrogen-bond acceptors (Lipinski definition) is 5. The lowest BCUT2D eigenvalue weighted by Crippen LogP contribution is -2.30. The molecule has 106 valence electrons. The van der Waals surface area contributed by atoms with Gasteiger partial charge < -0.3 is 15.3 Å². The Morgan fingerprint density at radius 2 is 2.11 bits per heavy atom. The third-order valence-electron chi connectivity index (χ3n) is 2.85. The first-order valence-electron chi connectivity index (χ1n) is 5.97. The zero-order valence-electron chi connectivity index (χ0n) is 10.4. The van der Waals surface area contributed by atoms with Crippen molar-refractivity contribution in [3.05, 3.63) is 11.9 Å². The van der Waals surface area contributed by atoms with E-state index in [2.05, 4.69) is 15.3 Å². The molecule has 1 aliphatic carbocycles. The van der Waals surface area contributed by atoms with E-state index in [1.807, 2.05) is 0 Å². The Labute approximate surface area is 108 Å². The van der Waals surface area contributed by atoms with Crippen molar-refractivity contribution in [3.63, 3.8) is 0 Å². The highest BCUT2D eigenvalue weighted by Crippen LogP contribution is 2.33. The van der Waals surface area contributed by atoms with E-state index < -0.39 is 12.0 Å². The van der Waals surface area contributed by atoms with Crippen molar-refractivity contribution >= 4 is 11.6 Å². The van der Waals surface area contributed by atoms with Crippen molar-refractivity contribution in [3.8, 4) is 0 Å². The third-order valence-corrected chi connectivity index (χ3v) is 2.85. The summed E-state index contributed by atoms with van der Waals surface area (Å²) in [5, 5.41) is 11.6. The van der Waals surface area contributed by atoms with Crippen molar-refractivity contribution < 1.29 is 18.3 Å². The molecule has 0 spiro atoms. The van der Waals surface area contributed by atoms with Gasteiger partial charge in [0.1, 0.15) is 11.6 Å². The SMILES string of the molecule is CNc1cc(N(CCO)C2CC2)nc(C(F)(F)F)n1. The van der Waals surface area contributed by atoms with Gasteiger partial charge in [-0.05, 0) is 12.8 Å². The van der Waals surface area contributed by atoms with Gasteiger partial charge in [-0.25, -0.2) is 9.97 Å². The smallest absolute Gasteiger partial charge is 0.395 e. The van der Waals surface area contributed by atoms with Crippen molar-refractivity contribution in [2.45, 2.75) is 25.1 Å². The van der Waals surface area contributed by atoms with Gasteiger partial charge in [-0.15, -0.1) is 0 Å². The highest BCUT2D eigenvalue weighted by Gasteiger charge is 2.37. The molecular formula is C11H15F3N4O. The molecule has 0 radical (unpaired) electrons. The third kappa shape index (κ3) is 3.25. The molecule has 0 atom stereocenters. The lowest BCUT2D eigenvalue weighted by molar-refractivity contribution is -0.144. The minimum atomic E-state index is -4.59. The second-order valence-corrected chi connectivity index (χ2v) is 4.33. The van der Waals surface area contributed by atoms with Gasteiger partial charge in [0.2, 0.25) is 5.82 Å². The van der Waals surface area contributed by atoms with E-state index in [9.17, 15) is 13.2 Å². The van der Waals surface area contributed by atoms with Crippen LogP contribution < -0.4 is 10.2 Å². The second-order valence-electron chi connectivity index (χ2n) is 4.33. The van der Waals surface area contributed by atoms with Crippen LogP contribution in [-0.2, 0) is 6.18 Å². The van der Waals surface area contributed by atoms with E-state index in [1.54, 1.807) is 4.90 Å². The van der Waals surface area contributed by atoms with E-state index in [1.165, 1.54) is 13.1 Å². The first-order chi connectivity index (χ1) is 8.95. The van der Waals surface area contributed by atoms with E-state index in [4.69, 9.17) is 5.11 Å². The molecule has 5 nitrogen and oxygen atoms in total. The molecule has 1 fully saturated rings. The molecule has 1 saturated carbocycles. The van der Waals surface area contributed by atoms with E-state index in [0.29, 0.717) is 0 Å². The second kappa shape index (κ2) is 5.20. The Morgan fingerprint density at radius 1 is 1.42 bits per heavy atom. The van der Waals surface area contributed by atoms with Crippen LogP contribution in [0.1, 0.15) is 18.7 Å². The monoisotopic (exact) mass is 276 g/mol. The van der Waals surface area contributed by atoms with Gasteiger partial charge in [0, 0.05) is 25.7 Å². The fourth-order valence-corrected chi connectivity index (χ4v) is 1.81. The number of aliphatic hydroxyl groups excluding tert-OH is 1. The highest BCUT2D eigenvalue weighted by molar-refractivity contribution is 5.51. The molecule has 0 aromatic carbocycles. The summed E-state index contributed by atoms with van der Waals surface area (Å²) in [5.41, 5.74) is 0. The fraction of sp³-hybridized carbons (Fsp3) is 0.636. The Balaban J connectivity index is 2.37. The van der Waals surface area contributed by atoms with E-state index in [-0.39, 0.29) is 30.8 Å². The van der Waals surface area contributed by atoms with Gasteiger partial charge in [0.15, 0.2) is 0 Å². The van der Waals surface area contributed by atoms with Gasteiger partial charge in [-0.3, -0.25) is 0 Å². The molecule has 19 heavy (non-hydrogen) atoms. The minimum Gasteiger partial charge on any atom is -0.395 e. The Bertz CT molecular complexity index is 448. The van der Waals surface area contributed by atoms with Crippen LogP contribution in [0, 0.1) is 0 Å². The highest BCUT2D eigenvalue weighted by atomic mass is 19.4. The van der Waals surface area contributed by atoms with Crippen molar-refractivity contribution in [2.75, 3.05) is 30.4 Å². The summed E-state index contributed by atoms with van der Waals surface area (Å²) in [6, 6.07) is 1.62.